The van der Waals surface area contributed by atoms with Gasteiger partial charge in [0.2, 0.25) is 0 Å². The van der Waals surface area contributed by atoms with E-state index in [9.17, 15) is 15.3 Å². The zero-order chi connectivity index (χ0) is 32.8. The minimum atomic E-state index is -0.561. The van der Waals surface area contributed by atoms with Gasteiger partial charge in [0.15, 0.2) is 0 Å². The zero-order valence-electron chi connectivity index (χ0n) is 27.1. The van der Waals surface area contributed by atoms with Gasteiger partial charge in [0, 0.05) is 35.2 Å². The van der Waals surface area contributed by atoms with Crippen LogP contribution in [0.4, 0.5) is 16.2 Å². The number of thiophene rings is 1. The summed E-state index contributed by atoms with van der Waals surface area (Å²) in [6.07, 6.45) is 6.08. The van der Waals surface area contributed by atoms with Gasteiger partial charge in [0.05, 0.1) is 47.2 Å². The molecule has 1 saturated carbocycles. The van der Waals surface area contributed by atoms with E-state index in [1.807, 2.05) is 37.7 Å². The van der Waals surface area contributed by atoms with Crippen LogP contribution in [0.25, 0.3) is 10.9 Å². The minimum absolute atomic E-state index is 0.0359. The zero-order valence-corrected chi connectivity index (χ0v) is 28.0. The van der Waals surface area contributed by atoms with Crippen molar-refractivity contribution >= 4 is 39.7 Å². The number of nitriles is 2. The summed E-state index contributed by atoms with van der Waals surface area (Å²) >= 11 is 1.62. The topological polar surface area (TPSA) is 145 Å². The first kappa shape index (κ1) is 31.3. The molecule has 1 fully saturated rings. The highest BCUT2D eigenvalue weighted by atomic mass is 32.1. The Balaban J connectivity index is 1.40. The molecular formula is C34H39N9O2S. The molecule has 4 heterocycles. The van der Waals surface area contributed by atoms with Crippen molar-refractivity contribution < 1.29 is 9.53 Å². The van der Waals surface area contributed by atoms with Gasteiger partial charge >= 0.3 is 6.09 Å². The molecule has 2 N–H and O–H groups in total. The lowest BCUT2D eigenvalue weighted by molar-refractivity contribution is 0.0226. The molecule has 0 spiro atoms. The van der Waals surface area contributed by atoms with E-state index in [1.54, 1.807) is 22.3 Å². The fraction of sp³-hybridized carbons (Fsp3) is 0.471. The number of pyridine rings is 1. The van der Waals surface area contributed by atoms with Gasteiger partial charge in [0.25, 0.3) is 0 Å². The van der Waals surface area contributed by atoms with Crippen LogP contribution in [0.3, 0.4) is 0 Å². The monoisotopic (exact) mass is 637 g/mol. The first-order valence-corrected chi connectivity index (χ1v) is 16.5. The fourth-order valence-electron chi connectivity index (χ4n) is 5.60. The minimum Gasteiger partial charge on any atom is -0.444 e. The molecule has 2 aliphatic rings. The van der Waals surface area contributed by atoms with Crippen LogP contribution in [-0.4, -0.2) is 49.7 Å². The Hall–Kier alpha value is -4.68. The number of carbonyl (C=O) groups excluding carboxylic acids is 1. The largest absolute Gasteiger partial charge is 0.444 e. The highest BCUT2D eigenvalue weighted by Gasteiger charge is 2.32. The van der Waals surface area contributed by atoms with Gasteiger partial charge in [-0.1, -0.05) is 26.0 Å². The lowest BCUT2D eigenvalue weighted by atomic mass is 9.95. The van der Waals surface area contributed by atoms with Crippen molar-refractivity contribution in [3.8, 4) is 12.1 Å². The van der Waals surface area contributed by atoms with Gasteiger partial charge in [-0.05, 0) is 74.1 Å². The maximum Gasteiger partial charge on any atom is 0.410 e. The summed E-state index contributed by atoms with van der Waals surface area (Å²) in [5.74, 6) is 0. The van der Waals surface area contributed by atoms with E-state index in [2.05, 4.69) is 64.2 Å². The number of aromatic nitrogens is 4. The number of carbonyl (C=O) groups is 1. The van der Waals surface area contributed by atoms with Crippen molar-refractivity contribution in [1.82, 2.24) is 24.9 Å². The second kappa shape index (κ2) is 11.9. The van der Waals surface area contributed by atoms with Crippen LogP contribution in [0.2, 0.25) is 0 Å². The van der Waals surface area contributed by atoms with E-state index in [4.69, 9.17) is 4.74 Å². The number of hydrogen-bond donors (Lipinski definition) is 2. The lowest BCUT2D eigenvalue weighted by Gasteiger charge is -2.31. The summed E-state index contributed by atoms with van der Waals surface area (Å²) in [5.41, 5.74) is 5.16. The van der Waals surface area contributed by atoms with Crippen molar-refractivity contribution in [3.63, 3.8) is 0 Å². The van der Waals surface area contributed by atoms with Crippen molar-refractivity contribution in [2.75, 3.05) is 23.7 Å². The van der Waals surface area contributed by atoms with Crippen LogP contribution in [-0.2, 0) is 17.7 Å². The van der Waals surface area contributed by atoms with Crippen LogP contribution in [0, 0.1) is 28.1 Å². The molecule has 1 aliphatic heterocycles. The molecule has 6 rings (SSSR count). The molecule has 1 aliphatic carbocycles. The average Bonchev–Trinajstić information content (AvgIpc) is 3.58. The van der Waals surface area contributed by atoms with E-state index < -0.39 is 5.60 Å². The Bertz CT molecular complexity index is 1880. The number of anilines is 2. The van der Waals surface area contributed by atoms with Crippen molar-refractivity contribution in [3.05, 3.63) is 62.7 Å². The summed E-state index contributed by atoms with van der Waals surface area (Å²) in [6, 6.07) is 8.35. The molecule has 46 heavy (non-hydrogen) atoms. The van der Waals surface area contributed by atoms with Gasteiger partial charge < -0.3 is 20.3 Å². The lowest BCUT2D eigenvalue weighted by Crippen LogP contribution is -2.39. The molecule has 0 bridgehead atoms. The van der Waals surface area contributed by atoms with Gasteiger partial charge in [-0.2, -0.15) is 10.5 Å². The summed E-state index contributed by atoms with van der Waals surface area (Å²) < 4.78 is 7.58. The Morgan fingerprint density at radius 2 is 1.91 bits per heavy atom. The molecule has 238 valence electrons. The van der Waals surface area contributed by atoms with E-state index in [1.165, 1.54) is 11.8 Å². The maximum absolute atomic E-state index is 12.9. The van der Waals surface area contributed by atoms with Crippen LogP contribution < -0.4 is 10.6 Å². The number of rotatable bonds is 7. The second-order valence-electron chi connectivity index (χ2n) is 14.3. The van der Waals surface area contributed by atoms with Crippen LogP contribution >= 0.6 is 11.3 Å². The van der Waals surface area contributed by atoms with Crippen LogP contribution in [0.1, 0.15) is 99.3 Å². The molecular weight excluding hydrogens is 599 g/mol. The average molecular weight is 638 g/mol. The third-order valence-electron chi connectivity index (χ3n) is 8.01. The van der Waals surface area contributed by atoms with Crippen LogP contribution in [0.5, 0.6) is 0 Å². The van der Waals surface area contributed by atoms with E-state index in [0.717, 1.165) is 29.0 Å². The second-order valence-corrected chi connectivity index (χ2v) is 15.2. The predicted octanol–water partition coefficient (Wildman–Crippen LogP) is 6.92. The Kier molecular flexibility index (Phi) is 8.11. The Morgan fingerprint density at radius 3 is 2.59 bits per heavy atom. The molecule has 0 saturated heterocycles. The van der Waals surface area contributed by atoms with Crippen molar-refractivity contribution in [2.24, 2.45) is 5.41 Å². The van der Waals surface area contributed by atoms with Gasteiger partial charge in [-0.15, -0.1) is 16.4 Å². The SMILES string of the molecule is CC(C)(C)CNc1c(C#N)cnc2c(C#N)cc(N[C@H](c3cn(C4CC4)nn3)c3csc4c3CCN(C(=O)OC(C)(C)C)C4)cc12. The molecule has 1 atom stereocenters. The number of nitrogens with zero attached hydrogens (tertiary/aromatic N) is 7. The standard InChI is InChI=1S/C34H39N9O2S/c1-33(2,3)19-38-30-21(14-36)15-37-29-20(13-35)11-22(12-25(29)30)39-31(27-16-43(41-40-27)23-7-8-23)26-18-46-28-17-42(10-9-24(26)28)32(44)45-34(4,5)6/h11-12,15-16,18,23,31,39H,7-10,17,19H2,1-6H3,(H,37,38)/t31-/m0/s1. The van der Waals surface area contributed by atoms with E-state index in [0.29, 0.717) is 65.5 Å². The quantitative estimate of drug-likeness (QED) is 0.221. The summed E-state index contributed by atoms with van der Waals surface area (Å²) in [6.45, 7) is 13.7. The molecule has 1 amide bonds. The normalized spacial score (nSPS) is 15.5. The number of hydrogen-bond acceptors (Lipinski definition) is 10. The number of amides is 1. The number of benzene rings is 1. The number of fused-ring (bicyclic) bond motifs is 2. The molecule has 12 heteroatoms. The van der Waals surface area contributed by atoms with Crippen molar-refractivity contribution in [2.45, 2.75) is 85.0 Å². The highest BCUT2D eigenvalue weighted by molar-refractivity contribution is 7.10. The summed E-state index contributed by atoms with van der Waals surface area (Å²) in [4.78, 5) is 20.2. The summed E-state index contributed by atoms with van der Waals surface area (Å²) in [5, 5.41) is 39.1. The van der Waals surface area contributed by atoms with E-state index in [-0.39, 0.29) is 17.6 Å². The molecule has 1 aromatic carbocycles. The predicted molar refractivity (Wildman–Crippen MR) is 178 cm³/mol. The Labute approximate surface area is 273 Å². The fourth-order valence-corrected chi connectivity index (χ4v) is 6.74. The molecule has 11 nitrogen and oxygen atoms in total. The van der Waals surface area contributed by atoms with Crippen LogP contribution in [0.15, 0.2) is 29.9 Å². The number of nitrogens with one attached hydrogen (secondary N) is 2. The Morgan fingerprint density at radius 1 is 1.15 bits per heavy atom. The molecule has 4 aromatic rings. The highest BCUT2D eigenvalue weighted by Crippen LogP contribution is 2.40. The summed E-state index contributed by atoms with van der Waals surface area (Å²) in [7, 11) is 0. The van der Waals surface area contributed by atoms with E-state index >= 15 is 0 Å². The number of ether oxygens (including phenoxy) is 1. The first-order valence-electron chi connectivity index (χ1n) is 15.6. The molecule has 0 radical (unpaired) electrons. The third-order valence-corrected chi connectivity index (χ3v) is 9.04. The first-order chi connectivity index (χ1) is 21.8. The van der Waals surface area contributed by atoms with Gasteiger partial charge in [-0.3, -0.25) is 4.98 Å². The third kappa shape index (κ3) is 6.63. The van der Waals surface area contributed by atoms with Crippen molar-refractivity contribution in [1.29, 1.82) is 10.5 Å². The van der Waals surface area contributed by atoms with Gasteiger partial charge in [0.1, 0.15) is 23.4 Å². The molecule has 0 unspecified atom stereocenters. The van der Waals surface area contributed by atoms with Gasteiger partial charge in [-0.25, -0.2) is 9.48 Å². The smallest absolute Gasteiger partial charge is 0.410 e. The maximum atomic E-state index is 12.9. The molecule has 3 aromatic heterocycles.